The quantitative estimate of drug-likeness (QED) is 0.847. The van der Waals surface area contributed by atoms with Gasteiger partial charge in [-0.05, 0) is 38.1 Å². The Balaban J connectivity index is 1.32. The maximum Gasteiger partial charge on any atom is 0.254 e. The number of hydrogen-bond acceptors (Lipinski definition) is 5. The SMILES string of the molecule is CN1CC2(CN(C(=O)c3cccc(C#N)c3)C2)OC[C@H]1C(=O)NC1CCCC1. The van der Waals surface area contributed by atoms with E-state index in [4.69, 9.17) is 10.00 Å². The molecular formula is C21H26N4O3. The number of nitrogens with one attached hydrogen (secondary N) is 1. The summed E-state index contributed by atoms with van der Waals surface area (Å²) in [6.45, 7) is 1.98. The predicted molar refractivity (Wildman–Crippen MR) is 103 cm³/mol. The molecule has 1 saturated carbocycles. The summed E-state index contributed by atoms with van der Waals surface area (Å²) in [6, 6.07) is 8.84. The van der Waals surface area contributed by atoms with E-state index in [9.17, 15) is 9.59 Å². The van der Waals surface area contributed by atoms with E-state index >= 15 is 0 Å². The molecule has 0 unspecified atom stereocenters. The monoisotopic (exact) mass is 382 g/mol. The first-order valence-electron chi connectivity index (χ1n) is 9.94. The lowest BCUT2D eigenvalue weighted by molar-refractivity contribution is -0.187. The molecule has 1 atom stereocenters. The molecule has 7 nitrogen and oxygen atoms in total. The van der Waals surface area contributed by atoms with Gasteiger partial charge in [-0.2, -0.15) is 5.26 Å². The lowest BCUT2D eigenvalue weighted by Crippen LogP contribution is -2.73. The molecule has 0 bridgehead atoms. The van der Waals surface area contributed by atoms with Crippen LogP contribution < -0.4 is 5.32 Å². The molecule has 4 rings (SSSR count). The Bertz CT molecular complexity index is 806. The smallest absolute Gasteiger partial charge is 0.254 e. The van der Waals surface area contributed by atoms with E-state index in [1.807, 2.05) is 11.9 Å². The Morgan fingerprint density at radius 1 is 1.25 bits per heavy atom. The second-order valence-electron chi connectivity index (χ2n) is 8.27. The van der Waals surface area contributed by atoms with E-state index in [0.717, 1.165) is 12.8 Å². The van der Waals surface area contributed by atoms with Crippen molar-refractivity contribution in [2.75, 3.05) is 33.3 Å². The van der Waals surface area contributed by atoms with Gasteiger partial charge in [-0.25, -0.2) is 0 Å². The molecule has 3 aliphatic rings. The molecule has 2 heterocycles. The largest absolute Gasteiger partial charge is 0.368 e. The topological polar surface area (TPSA) is 85.7 Å². The molecule has 1 aliphatic carbocycles. The van der Waals surface area contributed by atoms with Crippen LogP contribution in [0.15, 0.2) is 24.3 Å². The van der Waals surface area contributed by atoms with Gasteiger partial charge < -0.3 is 15.0 Å². The van der Waals surface area contributed by atoms with Gasteiger partial charge in [0, 0.05) is 18.2 Å². The van der Waals surface area contributed by atoms with Crippen molar-refractivity contribution in [1.82, 2.24) is 15.1 Å². The zero-order valence-corrected chi connectivity index (χ0v) is 16.2. The highest BCUT2D eigenvalue weighted by atomic mass is 16.5. The number of hydrogen-bond donors (Lipinski definition) is 1. The summed E-state index contributed by atoms with van der Waals surface area (Å²) in [4.78, 5) is 29.0. The fourth-order valence-electron chi connectivity index (χ4n) is 4.53. The number of nitrogens with zero attached hydrogens (tertiary/aromatic N) is 3. The Kier molecular flexibility index (Phi) is 5.09. The Morgan fingerprint density at radius 2 is 2.00 bits per heavy atom. The van der Waals surface area contributed by atoms with Gasteiger partial charge in [-0.15, -0.1) is 0 Å². The molecule has 1 spiro atoms. The molecule has 1 N–H and O–H groups in total. The third-order valence-electron chi connectivity index (χ3n) is 6.11. The zero-order chi connectivity index (χ0) is 19.7. The number of likely N-dealkylation sites (N-methyl/N-ethyl adjacent to an activating group) is 1. The molecule has 1 aromatic rings. The van der Waals surface area contributed by atoms with Crippen LogP contribution in [-0.2, 0) is 9.53 Å². The van der Waals surface area contributed by atoms with Crippen LogP contribution in [0, 0.1) is 11.3 Å². The maximum absolute atomic E-state index is 12.7. The summed E-state index contributed by atoms with van der Waals surface area (Å²) >= 11 is 0. The number of nitriles is 1. The van der Waals surface area contributed by atoms with Crippen LogP contribution in [0.4, 0.5) is 0 Å². The van der Waals surface area contributed by atoms with Gasteiger partial charge >= 0.3 is 0 Å². The van der Waals surface area contributed by atoms with Gasteiger partial charge in [-0.1, -0.05) is 18.9 Å². The first-order valence-corrected chi connectivity index (χ1v) is 9.94. The minimum atomic E-state index is -0.401. The van der Waals surface area contributed by atoms with Crippen LogP contribution in [0.1, 0.15) is 41.6 Å². The third kappa shape index (κ3) is 3.62. The van der Waals surface area contributed by atoms with Crippen molar-refractivity contribution in [3.8, 4) is 6.07 Å². The molecular weight excluding hydrogens is 356 g/mol. The minimum absolute atomic E-state index is 0.0461. The van der Waals surface area contributed by atoms with Gasteiger partial charge in [0.05, 0.1) is 31.3 Å². The van der Waals surface area contributed by atoms with Gasteiger partial charge in [0.15, 0.2) is 0 Å². The van der Waals surface area contributed by atoms with Crippen LogP contribution in [0.25, 0.3) is 0 Å². The Hall–Kier alpha value is -2.43. The van der Waals surface area contributed by atoms with Gasteiger partial charge in [0.2, 0.25) is 5.91 Å². The van der Waals surface area contributed by atoms with Crippen molar-refractivity contribution >= 4 is 11.8 Å². The summed E-state index contributed by atoms with van der Waals surface area (Å²) in [7, 11) is 1.95. The summed E-state index contributed by atoms with van der Waals surface area (Å²) < 4.78 is 6.08. The van der Waals surface area contributed by atoms with Gasteiger partial charge in [0.1, 0.15) is 11.6 Å². The highest BCUT2D eigenvalue weighted by Crippen LogP contribution is 2.32. The van der Waals surface area contributed by atoms with Crippen LogP contribution >= 0.6 is 0 Å². The molecule has 0 radical (unpaired) electrons. The van der Waals surface area contributed by atoms with Crippen molar-refractivity contribution in [3.63, 3.8) is 0 Å². The molecule has 0 aromatic heterocycles. The summed E-state index contributed by atoms with van der Waals surface area (Å²) in [5.74, 6) is -0.0418. The van der Waals surface area contributed by atoms with Crippen LogP contribution in [0.3, 0.4) is 0 Å². The van der Waals surface area contributed by atoms with E-state index in [1.54, 1.807) is 29.2 Å². The normalized spacial score (nSPS) is 24.6. The lowest BCUT2D eigenvalue weighted by Gasteiger charge is -2.54. The van der Waals surface area contributed by atoms with Gasteiger partial charge in [0.25, 0.3) is 5.91 Å². The highest BCUT2D eigenvalue weighted by Gasteiger charge is 2.51. The van der Waals surface area contributed by atoms with Gasteiger partial charge in [-0.3, -0.25) is 14.5 Å². The molecule has 2 aliphatic heterocycles. The fourth-order valence-corrected chi connectivity index (χ4v) is 4.53. The lowest BCUT2D eigenvalue weighted by atomic mass is 9.89. The molecule has 1 aromatic carbocycles. The summed E-state index contributed by atoms with van der Waals surface area (Å²) in [6.07, 6.45) is 4.51. The molecule has 3 fully saturated rings. The van der Waals surface area contributed by atoms with Crippen molar-refractivity contribution in [3.05, 3.63) is 35.4 Å². The van der Waals surface area contributed by atoms with Crippen molar-refractivity contribution < 1.29 is 14.3 Å². The molecule has 2 amide bonds. The molecule has 7 heteroatoms. The standard InChI is InChI=1S/C21H26N4O3/c1-24-12-21(28-11-18(24)19(26)23-17-7-2-3-8-17)13-25(14-21)20(27)16-6-4-5-15(9-16)10-22/h4-6,9,17-18H,2-3,7-8,11-14H2,1H3,(H,23,26)/t18-/m0/s1. The number of carbonyl (C=O) groups is 2. The number of benzene rings is 1. The molecule has 148 valence electrons. The van der Waals surface area contributed by atoms with Crippen LogP contribution in [0.2, 0.25) is 0 Å². The number of likely N-dealkylation sites (tertiary alicyclic amines) is 1. The number of carbonyl (C=O) groups excluding carboxylic acids is 2. The maximum atomic E-state index is 12.7. The Labute approximate surface area is 165 Å². The van der Waals surface area contributed by atoms with E-state index < -0.39 is 5.60 Å². The number of ether oxygens (including phenoxy) is 1. The summed E-state index contributed by atoms with van der Waals surface area (Å²) in [5, 5.41) is 12.2. The number of rotatable bonds is 3. The third-order valence-corrected chi connectivity index (χ3v) is 6.11. The highest BCUT2D eigenvalue weighted by molar-refractivity contribution is 5.95. The van der Waals surface area contributed by atoms with E-state index in [-0.39, 0.29) is 17.9 Å². The molecule has 2 saturated heterocycles. The Morgan fingerprint density at radius 3 is 2.68 bits per heavy atom. The first-order chi connectivity index (χ1) is 13.5. The fraction of sp³-hybridized carbons (Fsp3) is 0.571. The number of morpholine rings is 1. The van der Waals surface area contributed by atoms with Crippen molar-refractivity contribution in [1.29, 1.82) is 5.26 Å². The van der Waals surface area contributed by atoms with Crippen LogP contribution in [0.5, 0.6) is 0 Å². The average Bonchev–Trinajstić information content (AvgIpc) is 3.18. The second-order valence-corrected chi connectivity index (χ2v) is 8.27. The van der Waals surface area contributed by atoms with E-state index in [0.29, 0.717) is 43.4 Å². The number of amides is 2. The predicted octanol–water partition coefficient (Wildman–Crippen LogP) is 1.14. The first kappa shape index (κ1) is 18.9. The van der Waals surface area contributed by atoms with Crippen molar-refractivity contribution in [2.24, 2.45) is 0 Å². The van der Waals surface area contributed by atoms with E-state index in [2.05, 4.69) is 11.4 Å². The second kappa shape index (κ2) is 7.53. The summed E-state index contributed by atoms with van der Waals surface area (Å²) in [5.41, 5.74) is 0.597. The zero-order valence-electron chi connectivity index (χ0n) is 16.2. The average molecular weight is 382 g/mol. The van der Waals surface area contributed by atoms with Crippen LogP contribution in [-0.4, -0.2) is 72.6 Å². The minimum Gasteiger partial charge on any atom is -0.368 e. The van der Waals surface area contributed by atoms with E-state index in [1.165, 1.54) is 12.8 Å². The van der Waals surface area contributed by atoms with Crippen molar-refractivity contribution in [2.45, 2.75) is 43.4 Å². The molecule has 28 heavy (non-hydrogen) atoms.